The van der Waals surface area contributed by atoms with Crippen LogP contribution >= 0.6 is 0 Å². The van der Waals surface area contributed by atoms with Crippen molar-refractivity contribution in [1.29, 1.82) is 0 Å². The van der Waals surface area contributed by atoms with Crippen molar-refractivity contribution in [3.05, 3.63) is 24.4 Å². The van der Waals surface area contributed by atoms with Crippen LogP contribution in [0, 0.1) is 5.92 Å². The standard InChI is InChI=1S/C15H21N3/c1-2-4-6-12(5-3-1)10-16-14-8-7-13-11-17-18-15(13)9-14/h7-9,11-12,16H,1-6,10H2,(H,17,18). The zero-order chi connectivity index (χ0) is 12.2. The van der Waals surface area contributed by atoms with Crippen molar-refractivity contribution in [2.45, 2.75) is 38.5 Å². The number of anilines is 1. The molecule has 3 rings (SSSR count). The lowest BCUT2D eigenvalue weighted by molar-refractivity contribution is 0.483. The molecule has 0 aliphatic heterocycles. The van der Waals surface area contributed by atoms with Gasteiger partial charge in [0, 0.05) is 17.6 Å². The molecule has 1 aliphatic carbocycles. The van der Waals surface area contributed by atoms with Gasteiger partial charge in [0.25, 0.3) is 0 Å². The van der Waals surface area contributed by atoms with Crippen molar-refractivity contribution < 1.29 is 0 Å². The van der Waals surface area contributed by atoms with Crippen LogP contribution < -0.4 is 5.32 Å². The summed E-state index contributed by atoms with van der Waals surface area (Å²) in [5, 5.41) is 11.8. The number of aromatic amines is 1. The quantitative estimate of drug-likeness (QED) is 0.801. The molecular weight excluding hydrogens is 222 g/mol. The van der Waals surface area contributed by atoms with Crippen molar-refractivity contribution in [3.63, 3.8) is 0 Å². The van der Waals surface area contributed by atoms with E-state index in [2.05, 4.69) is 33.7 Å². The average molecular weight is 243 g/mol. The van der Waals surface area contributed by atoms with Gasteiger partial charge in [-0.15, -0.1) is 0 Å². The Morgan fingerprint density at radius 1 is 1.17 bits per heavy atom. The van der Waals surface area contributed by atoms with E-state index in [1.165, 1.54) is 49.6 Å². The number of hydrogen-bond donors (Lipinski definition) is 2. The third-order valence-electron chi connectivity index (χ3n) is 4.01. The Bertz CT molecular complexity index is 495. The maximum absolute atomic E-state index is 4.05. The highest BCUT2D eigenvalue weighted by atomic mass is 15.1. The van der Waals surface area contributed by atoms with Gasteiger partial charge in [0.2, 0.25) is 0 Å². The number of benzene rings is 1. The van der Waals surface area contributed by atoms with E-state index in [1.807, 2.05) is 6.20 Å². The minimum absolute atomic E-state index is 0.852. The highest BCUT2D eigenvalue weighted by Gasteiger charge is 2.11. The van der Waals surface area contributed by atoms with Gasteiger partial charge >= 0.3 is 0 Å². The Morgan fingerprint density at radius 2 is 2.00 bits per heavy atom. The zero-order valence-electron chi connectivity index (χ0n) is 10.8. The lowest BCUT2D eigenvalue weighted by Crippen LogP contribution is -2.13. The van der Waals surface area contributed by atoms with Gasteiger partial charge in [-0.2, -0.15) is 5.10 Å². The molecule has 3 nitrogen and oxygen atoms in total. The van der Waals surface area contributed by atoms with Crippen LogP contribution in [0.15, 0.2) is 24.4 Å². The molecule has 1 aromatic carbocycles. The first-order chi connectivity index (χ1) is 8.92. The third kappa shape index (κ3) is 2.66. The van der Waals surface area contributed by atoms with Crippen LogP contribution in [0.3, 0.4) is 0 Å². The maximum Gasteiger partial charge on any atom is 0.0670 e. The van der Waals surface area contributed by atoms with Crippen LogP contribution in [0.2, 0.25) is 0 Å². The molecule has 2 N–H and O–H groups in total. The second-order valence-electron chi connectivity index (χ2n) is 5.41. The van der Waals surface area contributed by atoms with Crippen molar-refractivity contribution in [3.8, 4) is 0 Å². The summed E-state index contributed by atoms with van der Waals surface area (Å²) in [5.74, 6) is 0.852. The summed E-state index contributed by atoms with van der Waals surface area (Å²) in [6.07, 6.45) is 10.3. The minimum Gasteiger partial charge on any atom is -0.385 e. The molecule has 3 heteroatoms. The molecule has 1 saturated carbocycles. The Morgan fingerprint density at radius 3 is 2.83 bits per heavy atom. The zero-order valence-corrected chi connectivity index (χ0v) is 10.8. The van der Waals surface area contributed by atoms with Gasteiger partial charge in [-0.25, -0.2) is 0 Å². The summed E-state index contributed by atoms with van der Waals surface area (Å²) < 4.78 is 0. The van der Waals surface area contributed by atoms with Gasteiger partial charge in [-0.3, -0.25) is 5.10 Å². The summed E-state index contributed by atoms with van der Waals surface area (Å²) in [4.78, 5) is 0. The van der Waals surface area contributed by atoms with Gasteiger partial charge in [-0.05, 0) is 37.0 Å². The predicted octanol–water partition coefficient (Wildman–Crippen LogP) is 3.95. The molecule has 0 atom stereocenters. The fraction of sp³-hybridized carbons (Fsp3) is 0.533. The van der Waals surface area contributed by atoms with Crippen LogP contribution in [-0.4, -0.2) is 16.7 Å². The number of nitrogens with zero attached hydrogens (tertiary/aromatic N) is 1. The fourth-order valence-electron chi connectivity index (χ4n) is 2.88. The molecule has 0 saturated heterocycles. The Balaban J connectivity index is 1.61. The average Bonchev–Trinajstić information content (AvgIpc) is 2.70. The Hall–Kier alpha value is -1.51. The Labute approximate surface area is 108 Å². The van der Waals surface area contributed by atoms with Crippen molar-refractivity contribution in [1.82, 2.24) is 10.2 Å². The smallest absolute Gasteiger partial charge is 0.0670 e. The highest BCUT2D eigenvalue weighted by Crippen LogP contribution is 2.24. The molecule has 18 heavy (non-hydrogen) atoms. The highest BCUT2D eigenvalue weighted by molar-refractivity contribution is 5.81. The fourth-order valence-corrected chi connectivity index (χ4v) is 2.88. The molecule has 1 aromatic heterocycles. The number of hydrogen-bond acceptors (Lipinski definition) is 2. The van der Waals surface area contributed by atoms with Crippen LogP contribution in [0.25, 0.3) is 10.9 Å². The summed E-state index contributed by atoms with van der Waals surface area (Å²) in [6.45, 7) is 1.11. The van der Waals surface area contributed by atoms with Crippen LogP contribution in [-0.2, 0) is 0 Å². The minimum atomic E-state index is 0.852. The van der Waals surface area contributed by atoms with Gasteiger partial charge < -0.3 is 5.32 Å². The summed E-state index contributed by atoms with van der Waals surface area (Å²) in [5.41, 5.74) is 2.32. The van der Waals surface area contributed by atoms with E-state index in [1.54, 1.807) is 0 Å². The van der Waals surface area contributed by atoms with E-state index in [0.717, 1.165) is 18.0 Å². The van der Waals surface area contributed by atoms with Gasteiger partial charge in [0.1, 0.15) is 0 Å². The number of rotatable bonds is 3. The lowest BCUT2D eigenvalue weighted by Gasteiger charge is -2.15. The lowest BCUT2D eigenvalue weighted by atomic mass is 10.0. The predicted molar refractivity (Wildman–Crippen MR) is 75.8 cm³/mol. The second kappa shape index (κ2) is 5.42. The summed E-state index contributed by atoms with van der Waals surface area (Å²) >= 11 is 0. The van der Waals surface area contributed by atoms with Gasteiger partial charge in [0.05, 0.1) is 11.7 Å². The van der Waals surface area contributed by atoms with Crippen molar-refractivity contribution >= 4 is 16.6 Å². The maximum atomic E-state index is 4.05. The van der Waals surface area contributed by atoms with Crippen LogP contribution in [0.4, 0.5) is 5.69 Å². The van der Waals surface area contributed by atoms with E-state index in [-0.39, 0.29) is 0 Å². The second-order valence-corrected chi connectivity index (χ2v) is 5.41. The van der Waals surface area contributed by atoms with E-state index < -0.39 is 0 Å². The van der Waals surface area contributed by atoms with E-state index >= 15 is 0 Å². The van der Waals surface area contributed by atoms with Crippen LogP contribution in [0.1, 0.15) is 38.5 Å². The number of fused-ring (bicyclic) bond motifs is 1. The Kier molecular flexibility index (Phi) is 3.49. The van der Waals surface area contributed by atoms with Crippen LogP contribution in [0.5, 0.6) is 0 Å². The first kappa shape index (κ1) is 11.6. The molecular formula is C15H21N3. The molecule has 1 aliphatic rings. The molecule has 96 valence electrons. The van der Waals surface area contributed by atoms with E-state index in [9.17, 15) is 0 Å². The molecule has 1 fully saturated rings. The van der Waals surface area contributed by atoms with E-state index in [4.69, 9.17) is 0 Å². The van der Waals surface area contributed by atoms with Crippen molar-refractivity contribution in [2.75, 3.05) is 11.9 Å². The van der Waals surface area contributed by atoms with Gasteiger partial charge in [0.15, 0.2) is 0 Å². The van der Waals surface area contributed by atoms with Crippen molar-refractivity contribution in [2.24, 2.45) is 5.92 Å². The largest absolute Gasteiger partial charge is 0.385 e. The topological polar surface area (TPSA) is 40.7 Å². The molecule has 0 spiro atoms. The first-order valence-corrected chi connectivity index (χ1v) is 7.09. The number of aromatic nitrogens is 2. The SMILES string of the molecule is c1cc2cn[nH]c2cc1NCC1CCCCCC1. The number of nitrogens with one attached hydrogen (secondary N) is 2. The molecule has 0 bridgehead atoms. The third-order valence-corrected chi connectivity index (χ3v) is 4.01. The summed E-state index contributed by atoms with van der Waals surface area (Å²) in [6, 6.07) is 6.42. The van der Waals surface area contributed by atoms with Gasteiger partial charge in [-0.1, -0.05) is 25.7 Å². The first-order valence-electron chi connectivity index (χ1n) is 7.09. The normalized spacial score (nSPS) is 17.8. The molecule has 1 heterocycles. The molecule has 0 amide bonds. The molecule has 0 unspecified atom stereocenters. The monoisotopic (exact) mass is 243 g/mol. The van der Waals surface area contributed by atoms with E-state index in [0.29, 0.717) is 0 Å². The molecule has 0 radical (unpaired) electrons. The number of H-pyrrole nitrogens is 1. The molecule has 2 aromatic rings. The summed E-state index contributed by atoms with van der Waals surface area (Å²) in [7, 11) is 0.